The third-order valence-electron chi connectivity index (χ3n) is 4.93. The highest BCUT2D eigenvalue weighted by molar-refractivity contribution is 9.10. The SMILES string of the molecule is CCNC(Cc1ccc(F)cc1Br)C1(CC)CCCC1. The zero-order valence-corrected chi connectivity index (χ0v) is 14.1. The minimum absolute atomic E-state index is 0.174. The molecule has 0 radical (unpaired) electrons. The summed E-state index contributed by atoms with van der Waals surface area (Å²) >= 11 is 3.51. The van der Waals surface area contributed by atoms with E-state index < -0.39 is 0 Å². The van der Waals surface area contributed by atoms with Crippen molar-refractivity contribution in [3.63, 3.8) is 0 Å². The van der Waals surface area contributed by atoms with Crippen molar-refractivity contribution in [2.24, 2.45) is 5.41 Å². The lowest BCUT2D eigenvalue weighted by molar-refractivity contribution is 0.186. The average molecular weight is 342 g/mol. The van der Waals surface area contributed by atoms with Gasteiger partial charge in [-0.2, -0.15) is 0 Å². The van der Waals surface area contributed by atoms with Gasteiger partial charge in [0, 0.05) is 10.5 Å². The van der Waals surface area contributed by atoms with Crippen LogP contribution in [0.5, 0.6) is 0 Å². The number of hydrogen-bond donors (Lipinski definition) is 1. The van der Waals surface area contributed by atoms with E-state index in [0.29, 0.717) is 11.5 Å². The maximum Gasteiger partial charge on any atom is 0.124 e. The summed E-state index contributed by atoms with van der Waals surface area (Å²) in [7, 11) is 0. The third-order valence-corrected chi connectivity index (χ3v) is 5.67. The summed E-state index contributed by atoms with van der Waals surface area (Å²) in [6.45, 7) is 5.48. The highest BCUT2D eigenvalue weighted by Gasteiger charge is 2.39. The first-order chi connectivity index (χ1) is 9.61. The van der Waals surface area contributed by atoms with Gasteiger partial charge in [-0.15, -0.1) is 0 Å². The molecule has 1 aromatic carbocycles. The fraction of sp³-hybridized carbons (Fsp3) is 0.647. The van der Waals surface area contributed by atoms with E-state index in [1.165, 1.54) is 37.7 Å². The Kier molecular flexibility index (Phi) is 5.62. The van der Waals surface area contributed by atoms with Gasteiger partial charge in [0.1, 0.15) is 5.82 Å². The molecule has 20 heavy (non-hydrogen) atoms. The minimum atomic E-state index is -0.174. The van der Waals surface area contributed by atoms with E-state index in [1.807, 2.05) is 6.07 Å². The molecule has 1 aliphatic rings. The van der Waals surface area contributed by atoms with Gasteiger partial charge in [0.05, 0.1) is 0 Å². The molecule has 1 fully saturated rings. The Bertz CT molecular complexity index is 441. The molecule has 1 nitrogen and oxygen atoms in total. The minimum Gasteiger partial charge on any atom is -0.313 e. The van der Waals surface area contributed by atoms with Gasteiger partial charge >= 0.3 is 0 Å². The number of hydrogen-bond acceptors (Lipinski definition) is 1. The summed E-state index contributed by atoms with van der Waals surface area (Å²) in [6.07, 6.45) is 7.53. The Morgan fingerprint density at radius 3 is 2.55 bits per heavy atom. The first kappa shape index (κ1) is 16.0. The molecule has 1 saturated carbocycles. The molecule has 1 N–H and O–H groups in total. The van der Waals surface area contributed by atoms with Gasteiger partial charge in [-0.1, -0.05) is 48.7 Å². The second kappa shape index (κ2) is 7.04. The van der Waals surface area contributed by atoms with E-state index in [9.17, 15) is 4.39 Å². The average Bonchev–Trinajstić information content (AvgIpc) is 2.91. The molecule has 0 aromatic heterocycles. The summed E-state index contributed by atoms with van der Waals surface area (Å²) in [5, 5.41) is 3.69. The van der Waals surface area contributed by atoms with Crippen LogP contribution in [0.1, 0.15) is 51.5 Å². The fourth-order valence-corrected chi connectivity index (χ4v) is 4.20. The van der Waals surface area contributed by atoms with Crippen molar-refractivity contribution >= 4 is 15.9 Å². The number of nitrogens with one attached hydrogen (secondary N) is 1. The number of rotatable bonds is 6. The Labute approximate surface area is 130 Å². The van der Waals surface area contributed by atoms with Crippen LogP contribution in [0.15, 0.2) is 22.7 Å². The summed E-state index contributed by atoms with van der Waals surface area (Å²) in [5.74, 6) is -0.174. The largest absolute Gasteiger partial charge is 0.313 e. The van der Waals surface area contributed by atoms with E-state index in [4.69, 9.17) is 0 Å². The van der Waals surface area contributed by atoms with Crippen molar-refractivity contribution in [1.82, 2.24) is 5.32 Å². The topological polar surface area (TPSA) is 12.0 Å². The van der Waals surface area contributed by atoms with Crippen LogP contribution in [0.4, 0.5) is 4.39 Å². The molecule has 112 valence electrons. The van der Waals surface area contributed by atoms with Crippen LogP contribution in [-0.4, -0.2) is 12.6 Å². The van der Waals surface area contributed by atoms with E-state index in [1.54, 1.807) is 12.1 Å². The molecule has 0 bridgehead atoms. The fourth-order valence-electron chi connectivity index (χ4n) is 3.69. The van der Waals surface area contributed by atoms with Crippen molar-refractivity contribution < 1.29 is 4.39 Å². The summed E-state index contributed by atoms with van der Waals surface area (Å²) in [6, 6.07) is 5.55. The van der Waals surface area contributed by atoms with Gasteiger partial charge in [-0.25, -0.2) is 4.39 Å². The standard InChI is InChI=1S/C17H25BrFN/c1-3-17(9-5-6-10-17)16(20-4-2)11-13-7-8-14(19)12-15(13)18/h7-8,12,16,20H,3-6,9-11H2,1-2H3. The van der Waals surface area contributed by atoms with Gasteiger partial charge in [0.25, 0.3) is 0 Å². The van der Waals surface area contributed by atoms with Crippen molar-refractivity contribution in [3.05, 3.63) is 34.1 Å². The molecule has 2 rings (SSSR count). The molecule has 1 aromatic rings. The highest BCUT2D eigenvalue weighted by Crippen LogP contribution is 2.45. The molecule has 3 heteroatoms. The summed E-state index contributed by atoms with van der Waals surface area (Å²) < 4.78 is 14.1. The molecule has 0 amide bonds. The van der Waals surface area contributed by atoms with Crippen LogP contribution >= 0.6 is 15.9 Å². The van der Waals surface area contributed by atoms with Crippen LogP contribution in [0, 0.1) is 11.2 Å². The molecule has 0 aliphatic heterocycles. The van der Waals surface area contributed by atoms with Crippen LogP contribution in [0.3, 0.4) is 0 Å². The molecule has 0 saturated heterocycles. The summed E-state index contributed by atoms with van der Waals surface area (Å²) in [4.78, 5) is 0. The molecule has 1 atom stereocenters. The van der Waals surface area contributed by atoms with Crippen LogP contribution in [0.2, 0.25) is 0 Å². The lowest BCUT2D eigenvalue weighted by Crippen LogP contribution is -2.45. The van der Waals surface area contributed by atoms with Crippen molar-refractivity contribution in [2.45, 2.75) is 58.4 Å². The van der Waals surface area contributed by atoms with Crippen molar-refractivity contribution in [2.75, 3.05) is 6.54 Å². The van der Waals surface area contributed by atoms with Gasteiger partial charge in [-0.3, -0.25) is 0 Å². The third kappa shape index (κ3) is 3.43. The quantitative estimate of drug-likeness (QED) is 0.760. The van der Waals surface area contributed by atoms with E-state index in [0.717, 1.165) is 17.4 Å². The first-order valence-corrected chi connectivity index (χ1v) is 8.58. The normalized spacial score (nSPS) is 19.2. The van der Waals surface area contributed by atoms with E-state index in [-0.39, 0.29) is 5.82 Å². The Hall–Kier alpha value is -0.410. The Morgan fingerprint density at radius 2 is 2.00 bits per heavy atom. The highest BCUT2D eigenvalue weighted by atomic mass is 79.9. The van der Waals surface area contributed by atoms with Gasteiger partial charge in [0.15, 0.2) is 0 Å². The summed E-state index contributed by atoms with van der Waals surface area (Å²) in [5.41, 5.74) is 1.63. The van der Waals surface area contributed by atoms with Gasteiger partial charge in [-0.05, 0) is 55.3 Å². The predicted molar refractivity (Wildman–Crippen MR) is 86.5 cm³/mol. The van der Waals surface area contributed by atoms with Crippen LogP contribution < -0.4 is 5.32 Å². The lowest BCUT2D eigenvalue weighted by atomic mass is 9.74. The smallest absolute Gasteiger partial charge is 0.124 e. The van der Waals surface area contributed by atoms with E-state index >= 15 is 0 Å². The van der Waals surface area contributed by atoms with Crippen molar-refractivity contribution in [1.29, 1.82) is 0 Å². The maximum atomic E-state index is 13.2. The van der Waals surface area contributed by atoms with Crippen LogP contribution in [0.25, 0.3) is 0 Å². The lowest BCUT2D eigenvalue weighted by Gasteiger charge is -2.38. The first-order valence-electron chi connectivity index (χ1n) is 7.78. The molecule has 1 unspecified atom stereocenters. The number of halogens is 2. The Morgan fingerprint density at radius 1 is 1.30 bits per heavy atom. The second-order valence-corrected chi connectivity index (χ2v) is 6.83. The molecular formula is C17H25BrFN. The van der Waals surface area contributed by atoms with Gasteiger partial charge in [0.2, 0.25) is 0 Å². The van der Waals surface area contributed by atoms with E-state index in [2.05, 4.69) is 35.1 Å². The monoisotopic (exact) mass is 341 g/mol. The molecule has 1 aliphatic carbocycles. The second-order valence-electron chi connectivity index (χ2n) is 5.97. The Balaban J connectivity index is 2.20. The predicted octanol–water partition coefficient (Wildman–Crippen LogP) is 5.08. The molecular weight excluding hydrogens is 317 g/mol. The molecule has 0 spiro atoms. The zero-order chi connectivity index (χ0) is 14.6. The number of benzene rings is 1. The van der Waals surface area contributed by atoms with Crippen molar-refractivity contribution in [3.8, 4) is 0 Å². The maximum absolute atomic E-state index is 13.2. The number of likely N-dealkylation sites (N-methyl/N-ethyl adjacent to an activating group) is 1. The van der Waals surface area contributed by atoms with Gasteiger partial charge < -0.3 is 5.32 Å². The van der Waals surface area contributed by atoms with Crippen LogP contribution in [-0.2, 0) is 6.42 Å². The zero-order valence-electron chi connectivity index (χ0n) is 12.5. The molecule has 0 heterocycles.